The summed E-state index contributed by atoms with van der Waals surface area (Å²) >= 11 is 0. The summed E-state index contributed by atoms with van der Waals surface area (Å²) in [6, 6.07) is 9.81. The van der Waals surface area contributed by atoms with E-state index in [0.717, 1.165) is 17.8 Å². The molecular formula is C33H54. The molecule has 33 heavy (non-hydrogen) atoms. The maximum atomic E-state index is 2.58. The molecule has 1 aromatic rings. The molecule has 1 unspecified atom stereocenters. The topological polar surface area (TPSA) is 0 Å². The van der Waals surface area contributed by atoms with Crippen LogP contribution in [0, 0.1) is 11.8 Å². The van der Waals surface area contributed by atoms with Crippen LogP contribution in [-0.2, 0) is 0 Å². The summed E-state index contributed by atoms with van der Waals surface area (Å²) in [5.41, 5.74) is 4.72. The first-order valence-electron chi connectivity index (χ1n) is 15.1. The van der Waals surface area contributed by atoms with E-state index in [1.165, 1.54) is 134 Å². The van der Waals surface area contributed by atoms with Crippen molar-refractivity contribution in [2.24, 2.45) is 11.8 Å². The highest BCUT2D eigenvalue weighted by Crippen LogP contribution is 2.39. The van der Waals surface area contributed by atoms with Crippen molar-refractivity contribution in [3.63, 3.8) is 0 Å². The van der Waals surface area contributed by atoms with Crippen molar-refractivity contribution < 1.29 is 0 Å². The SMILES string of the molecule is CCCCCCCCCC1CC=C(c2ccc([C@H]3CC[C@H](CCCCCC)CC3)cc2)CC1. The van der Waals surface area contributed by atoms with Gasteiger partial charge >= 0.3 is 0 Å². The van der Waals surface area contributed by atoms with Crippen molar-refractivity contribution in [2.75, 3.05) is 0 Å². The molecule has 186 valence electrons. The third kappa shape index (κ3) is 9.62. The van der Waals surface area contributed by atoms with Crippen molar-refractivity contribution in [1.82, 2.24) is 0 Å². The van der Waals surface area contributed by atoms with Crippen LogP contribution in [0.3, 0.4) is 0 Å². The van der Waals surface area contributed by atoms with Gasteiger partial charge in [-0.15, -0.1) is 0 Å². The molecule has 0 heterocycles. The third-order valence-electron chi connectivity index (χ3n) is 8.80. The predicted octanol–water partition coefficient (Wildman–Crippen LogP) is 11.3. The molecule has 3 rings (SSSR count). The average Bonchev–Trinajstić information content (AvgIpc) is 2.87. The Labute approximate surface area is 207 Å². The second-order valence-electron chi connectivity index (χ2n) is 11.5. The summed E-state index contributed by atoms with van der Waals surface area (Å²) in [5.74, 6) is 2.78. The second kappa shape index (κ2) is 15.8. The predicted molar refractivity (Wildman–Crippen MR) is 148 cm³/mol. The molecule has 0 nitrogen and oxygen atoms in total. The Hall–Kier alpha value is -1.04. The van der Waals surface area contributed by atoms with Gasteiger partial charge in [-0.05, 0) is 79.4 Å². The quantitative estimate of drug-likeness (QED) is 0.233. The summed E-state index contributed by atoms with van der Waals surface area (Å²) in [5, 5.41) is 0. The van der Waals surface area contributed by atoms with E-state index in [2.05, 4.69) is 44.2 Å². The normalized spacial score (nSPS) is 23.5. The van der Waals surface area contributed by atoms with Gasteiger partial charge in [0.05, 0.1) is 0 Å². The monoisotopic (exact) mass is 450 g/mol. The van der Waals surface area contributed by atoms with E-state index >= 15 is 0 Å². The summed E-state index contributed by atoms with van der Waals surface area (Å²) < 4.78 is 0. The molecule has 1 aromatic carbocycles. The van der Waals surface area contributed by atoms with E-state index in [1.807, 2.05) is 0 Å². The van der Waals surface area contributed by atoms with Gasteiger partial charge in [0.15, 0.2) is 0 Å². The highest BCUT2D eigenvalue weighted by Gasteiger charge is 2.22. The summed E-state index contributed by atoms with van der Waals surface area (Å²) in [7, 11) is 0. The highest BCUT2D eigenvalue weighted by atomic mass is 14.3. The van der Waals surface area contributed by atoms with Crippen molar-refractivity contribution in [3.8, 4) is 0 Å². The zero-order valence-corrected chi connectivity index (χ0v) is 22.3. The van der Waals surface area contributed by atoms with Crippen molar-refractivity contribution in [1.29, 1.82) is 0 Å². The lowest BCUT2D eigenvalue weighted by molar-refractivity contribution is 0.302. The number of hydrogen-bond acceptors (Lipinski definition) is 0. The molecule has 0 aliphatic heterocycles. The van der Waals surface area contributed by atoms with Crippen molar-refractivity contribution in [3.05, 3.63) is 41.5 Å². The molecule has 1 saturated carbocycles. The minimum atomic E-state index is 0.817. The largest absolute Gasteiger partial charge is 0.0804 e. The van der Waals surface area contributed by atoms with E-state index in [1.54, 1.807) is 11.1 Å². The molecule has 1 atom stereocenters. The average molecular weight is 451 g/mol. The molecule has 1 fully saturated rings. The van der Waals surface area contributed by atoms with Gasteiger partial charge in [0.25, 0.3) is 0 Å². The standard InChI is InChI=1S/C33H54/c1-3-5-7-9-10-11-13-15-29-18-22-31(23-19-29)33-26-24-32(25-27-33)30-20-16-28(17-21-30)14-12-8-6-4-2/h22,24-30H,3-21,23H2,1-2H3/t28-,29?,30-. The Bertz CT molecular complexity index is 643. The fourth-order valence-corrected chi connectivity index (χ4v) is 6.42. The second-order valence-corrected chi connectivity index (χ2v) is 11.5. The van der Waals surface area contributed by atoms with Gasteiger partial charge in [-0.3, -0.25) is 0 Å². The first-order chi connectivity index (χ1) is 16.3. The van der Waals surface area contributed by atoms with Crippen LogP contribution >= 0.6 is 0 Å². The van der Waals surface area contributed by atoms with Crippen molar-refractivity contribution in [2.45, 2.75) is 148 Å². The highest BCUT2D eigenvalue weighted by molar-refractivity contribution is 5.66. The number of allylic oxidation sites excluding steroid dienone is 2. The third-order valence-corrected chi connectivity index (χ3v) is 8.80. The Kier molecular flexibility index (Phi) is 12.7. The lowest BCUT2D eigenvalue weighted by Crippen LogP contribution is -2.13. The van der Waals surface area contributed by atoms with Crippen LogP contribution in [0.25, 0.3) is 5.57 Å². The molecule has 0 radical (unpaired) electrons. The Morgan fingerprint density at radius 2 is 1.18 bits per heavy atom. The van der Waals surface area contributed by atoms with Gasteiger partial charge in [-0.2, -0.15) is 0 Å². The van der Waals surface area contributed by atoms with Crippen LogP contribution in [0.1, 0.15) is 159 Å². The molecule has 0 saturated heterocycles. The van der Waals surface area contributed by atoms with Crippen LogP contribution < -0.4 is 0 Å². The summed E-state index contributed by atoms with van der Waals surface area (Å²) in [4.78, 5) is 0. The minimum Gasteiger partial charge on any atom is -0.0804 e. The van der Waals surface area contributed by atoms with Gasteiger partial charge in [-0.25, -0.2) is 0 Å². The first kappa shape index (κ1) is 26.6. The Morgan fingerprint density at radius 1 is 0.606 bits per heavy atom. The van der Waals surface area contributed by atoms with Crippen LogP contribution in [0.5, 0.6) is 0 Å². The van der Waals surface area contributed by atoms with E-state index in [9.17, 15) is 0 Å². The molecule has 0 N–H and O–H groups in total. The fraction of sp³-hybridized carbons (Fsp3) is 0.758. The first-order valence-corrected chi connectivity index (χ1v) is 15.1. The number of rotatable bonds is 15. The molecule has 0 bridgehead atoms. The van der Waals surface area contributed by atoms with E-state index in [4.69, 9.17) is 0 Å². The van der Waals surface area contributed by atoms with Crippen LogP contribution in [0.15, 0.2) is 30.3 Å². The van der Waals surface area contributed by atoms with Crippen LogP contribution in [0.4, 0.5) is 0 Å². The van der Waals surface area contributed by atoms with Gasteiger partial charge in [0.1, 0.15) is 0 Å². The molecule has 2 aliphatic rings. The van der Waals surface area contributed by atoms with E-state index < -0.39 is 0 Å². The van der Waals surface area contributed by atoms with Crippen molar-refractivity contribution >= 4 is 5.57 Å². The molecule has 0 amide bonds. The maximum Gasteiger partial charge on any atom is -0.0162 e. The lowest BCUT2D eigenvalue weighted by atomic mass is 9.76. The van der Waals surface area contributed by atoms with Crippen LogP contribution in [-0.4, -0.2) is 0 Å². The number of unbranched alkanes of at least 4 members (excludes halogenated alkanes) is 9. The Morgan fingerprint density at radius 3 is 1.79 bits per heavy atom. The fourth-order valence-electron chi connectivity index (χ4n) is 6.42. The van der Waals surface area contributed by atoms with Gasteiger partial charge in [0.2, 0.25) is 0 Å². The van der Waals surface area contributed by atoms with E-state index in [-0.39, 0.29) is 0 Å². The zero-order valence-electron chi connectivity index (χ0n) is 22.3. The molecule has 0 aromatic heterocycles. The molecule has 0 heteroatoms. The summed E-state index contributed by atoms with van der Waals surface area (Å²) in [6.07, 6.45) is 31.1. The Balaban J connectivity index is 1.34. The van der Waals surface area contributed by atoms with Gasteiger partial charge in [0, 0.05) is 0 Å². The minimum absolute atomic E-state index is 0.817. The number of benzene rings is 1. The molecule has 2 aliphatic carbocycles. The smallest absolute Gasteiger partial charge is 0.0162 e. The van der Waals surface area contributed by atoms with Gasteiger partial charge < -0.3 is 0 Å². The van der Waals surface area contributed by atoms with Crippen LogP contribution in [0.2, 0.25) is 0 Å². The molecule has 0 spiro atoms. The zero-order chi connectivity index (χ0) is 23.1. The number of hydrogen-bond donors (Lipinski definition) is 0. The maximum absolute atomic E-state index is 2.58. The summed E-state index contributed by atoms with van der Waals surface area (Å²) in [6.45, 7) is 4.62. The molecular weight excluding hydrogens is 396 g/mol. The van der Waals surface area contributed by atoms with E-state index in [0.29, 0.717) is 0 Å². The van der Waals surface area contributed by atoms with Gasteiger partial charge in [-0.1, -0.05) is 128 Å². The lowest BCUT2D eigenvalue weighted by Gasteiger charge is -2.29.